The Morgan fingerprint density at radius 3 is 2.24 bits per heavy atom. The Bertz CT molecular complexity index is 369. The van der Waals surface area contributed by atoms with Crippen LogP contribution in [-0.2, 0) is 9.84 Å². The number of rotatable bonds is 2. The number of hydrogen-bond acceptors (Lipinski definition) is 3. The third-order valence-electron chi connectivity index (χ3n) is 4.56. The van der Waals surface area contributed by atoms with Gasteiger partial charge < -0.3 is 5.32 Å². The van der Waals surface area contributed by atoms with Crippen molar-refractivity contribution >= 4 is 9.84 Å². The molecule has 3 atom stereocenters. The van der Waals surface area contributed by atoms with Crippen molar-refractivity contribution < 1.29 is 8.42 Å². The van der Waals surface area contributed by atoms with Crippen LogP contribution in [0.25, 0.3) is 0 Å². The van der Waals surface area contributed by atoms with Gasteiger partial charge in [-0.25, -0.2) is 8.42 Å². The van der Waals surface area contributed by atoms with E-state index in [1.807, 2.05) is 0 Å². The second-order valence-electron chi connectivity index (χ2n) is 6.46. The van der Waals surface area contributed by atoms with Crippen LogP contribution < -0.4 is 5.32 Å². The molecule has 1 aliphatic carbocycles. The van der Waals surface area contributed by atoms with E-state index in [-0.39, 0.29) is 5.54 Å². The molecule has 2 rings (SSSR count). The highest BCUT2D eigenvalue weighted by Gasteiger charge is 2.41. The molecule has 1 saturated carbocycles. The predicted octanol–water partition coefficient (Wildman–Crippen LogP) is 1.98. The maximum absolute atomic E-state index is 11.6. The number of nitrogens with one attached hydrogen (secondary N) is 1. The normalized spacial score (nSPS) is 45.9. The van der Waals surface area contributed by atoms with E-state index in [1.165, 1.54) is 19.3 Å². The Balaban J connectivity index is 2.05. The molecule has 0 amide bonds. The van der Waals surface area contributed by atoms with Gasteiger partial charge in [0.2, 0.25) is 0 Å². The Morgan fingerprint density at radius 1 is 1.18 bits per heavy atom. The highest BCUT2D eigenvalue weighted by Crippen LogP contribution is 2.32. The molecular weight excluding hydrogens is 234 g/mol. The van der Waals surface area contributed by atoms with Crippen LogP contribution in [0.2, 0.25) is 0 Å². The van der Waals surface area contributed by atoms with Crippen molar-refractivity contribution in [3.63, 3.8) is 0 Å². The van der Waals surface area contributed by atoms with Crippen LogP contribution in [0.5, 0.6) is 0 Å². The largest absolute Gasteiger partial charge is 0.307 e. The van der Waals surface area contributed by atoms with Gasteiger partial charge in [-0.05, 0) is 38.0 Å². The lowest BCUT2D eigenvalue weighted by molar-refractivity contribution is 0.169. The van der Waals surface area contributed by atoms with Gasteiger partial charge in [0.1, 0.15) is 0 Å². The first-order valence-corrected chi connectivity index (χ1v) is 8.62. The molecule has 3 nitrogen and oxygen atoms in total. The van der Waals surface area contributed by atoms with Gasteiger partial charge in [-0.3, -0.25) is 0 Å². The van der Waals surface area contributed by atoms with Crippen molar-refractivity contribution in [3.05, 3.63) is 0 Å². The van der Waals surface area contributed by atoms with Gasteiger partial charge in [0.25, 0.3) is 0 Å². The van der Waals surface area contributed by atoms with E-state index in [1.54, 1.807) is 0 Å². The van der Waals surface area contributed by atoms with Gasteiger partial charge in [0, 0.05) is 11.6 Å². The van der Waals surface area contributed by atoms with Crippen LogP contribution in [-0.4, -0.2) is 31.5 Å². The molecule has 1 saturated heterocycles. The molecule has 0 bridgehead atoms. The fraction of sp³-hybridized carbons (Fsp3) is 1.00. The van der Waals surface area contributed by atoms with E-state index in [4.69, 9.17) is 0 Å². The number of hydrogen-bond donors (Lipinski definition) is 1. The summed E-state index contributed by atoms with van der Waals surface area (Å²) in [6.07, 6.45) is 4.62. The third kappa shape index (κ3) is 3.02. The average Bonchev–Trinajstić information content (AvgIpc) is 2.48. The summed E-state index contributed by atoms with van der Waals surface area (Å²) in [5.74, 6) is 2.00. The summed E-state index contributed by atoms with van der Waals surface area (Å²) in [5.41, 5.74) is -0.191. The van der Waals surface area contributed by atoms with E-state index in [0.717, 1.165) is 6.42 Å². The van der Waals surface area contributed by atoms with Crippen LogP contribution in [0, 0.1) is 11.8 Å². The smallest absolute Gasteiger partial charge is 0.152 e. The summed E-state index contributed by atoms with van der Waals surface area (Å²) >= 11 is 0. The fourth-order valence-corrected chi connectivity index (χ4v) is 5.60. The van der Waals surface area contributed by atoms with Crippen molar-refractivity contribution in [3.8, 4) is 0 Å². The standard InChI is InChI=1S/C13H25NO2S/c1-10-5-4-6-11(2)12(10)14-13(3)7-8-17(15,16)9-13/h10-12,14H,4-9H2,1-3H3. The molecule has 0 radical (unpaired) electrons. The van der Waals surface area contributed by atoms with Gasteiger partial charge in [-0.15, -0.1) is 0 Å². The first-order valence-electron chi connectivity index (χ1n) is 6.79. The quantitative estimate of drug-likeness (QED) is 0.825. The predicted molar refractivity (Wildman–Crippen MR) is 70.8 cm³/mol. The average molecular weight is 259 g/mol. The van der Waals surface area contributed by atoms with Gasteiger partial charge >= 0.3 is 0 Å². The third-order valence-corrected chi connectivity index (χ3v) is 6.47. The van der Waals surface area contributed by atoms with E-state index in [0.29, 0.717) is 29.4 Å². The Hall–Kier alpha value is -0.0900. The maximum atomic E-state index is 11.6. The summed E-state index contributed by atoms with van der Waals surface area (Å²) in [6, 6.07) is 0.488. The van der Waals surface area contributed by atoms with Crippen molar-refractivity contribution in [2.24, 2.45) is 11.8 Å². The van der Waals surface area contributed by atoms with Gasteiger partial charge in [-0.2, -0.15) is 0 Å². The molecule has 17 heavy (non-hydrogen) atoms. The van der Waals surface area contributed by atoms with E-state index < -0.39 is 9.84 Å². The van der Waals surface area contributed by atoms with Crippen molar-refractivity contribution in [1.82, 2.24) is 5.32 Å². The molecule has 0 spiro atoms. The minimum atomic E-state index is -2.80. The van der Waals surface area contributed by atoms with Gasteiger partial charge in [0.05, 0.1) is 11.5 Å². The zero-order valence-corrected chi connectivity index (χ0v) is 12.0. The molecule has 3 unspecified atom stereocenters. The van der Waals surface area contributed by atoms with E-state index in [2.05, 4.69) is 26.1 Å². The van der Waals surface area contributed by atoms with Crippen LogP contribution in [0.1, 0.15) is 46.5 Å². The zero-order chi connectivity index (χ0) is 12.7. The summed E-state index contributed by atoms with van der Waals surface area (Å²) in [6.45, 7) is 6.66. The second-order valence-corrected chi connectivity index (χ2v) is 8.64. The maximum Gasteiger partial charge on any atom is 0.152 e. The van der Waals surface area contributed by atoms with Crippen LogP contribution in [0.15, 0.2) is 0 Å². The van der Waals surface area contributed by atoms with E-state index in [9.17, 15) is 8.42 Å². The minimum absolute atomic E-state index is 0.191. The molecule has 2 aliphatic rings. The highest BCUT2D eigenvalue weighted by atomic mass is 32.2. The fourth-order valence-electron chi connectivity index (χ4n) is 3.49. The lowest BCUT2D eigenvalue weighted by Gasteiger charge is -2.40. The molecular formula is C13H25NO2S. The molecule has 100 valence electrons. The van der Waals surface area contributed by atoms with Crippen molar-refractivity contribution in [2.45, 2.75) is 58.0 Å². The van der Waals surface area contributed by atoms with Gasteiger partial charge in [-0.1, -0.05) is 20.3 Å². The lowest BCUT2D eigenvalue weighted by atomic mass is 9.77. The first-order chi connectivity index (χ1) is 7.81. The first kappa shape index (κ1) is 13.3. The summed E-state index contributed by atoms with van der Waals surface area (Å²) in [5, 5.41) is 3.67. The molecule has 0 aromatic heterocycles. The highest BCUT2D eigenvalue weighted by molar-refractivity contribution is 7.91. The topological polar surface area (TPSA) is 46.2 Å². The Labute approximate surface area is 105 Å². The molecule has 1 heterocycles. The van der Waals surface area contributed by atoms with Gasteiger partial charge in [0.15, 0.2) is 9.84 Å². The summed E-state index contributed by atoms with van der Waals surface area (Å²) in [4.78, 5) is 0. The lowest BCUT2D eigenvalue weighted by Crippen LogP contribution is -2.54. The summed E-state index contributed by atoms with van der Waals surface area (Å²) in [7, 11) is -2.80. The van der Waals surface area contributed by atoms with Crippen molar-refractivity contribution in [1.29, 1.82) is 0 Å². The molecule has 0 aromatic carbocycles. The monoisotopic (exact) mass is 259 g/mol. The van der Waals surface area contributed by atoms with Crippen LogP contribution in [0.4, 0.5) is 0 Å². The second kappa shape index (κ2) is 4.54. The Kier molecular flexibility index (Phi) is 3.56. The molecule has 0 aromatic rings. The van der Waals surface area contributed by atoms with Crippen molar-refractivity contribution in [2.75, 3.05) is 11.5 Å². The number of sulfone groups is 1. The SMILES string of the molecule is CC1CCCC(C)C1NC1(C)CCS(=O)(=O)C1. The molecule has 2 fully saturated rings. The van der Waals surface area contributed by atoms with Crippen LogP contribution >= 0.6 is 0 Å². The zero-order valence-electron chi connectivity index (χ0n) is 11.2. The molecule has 1 aliphatic heterocycles. The minimum Gasteiger partial charge on any atom is -0.307 e. The van der Waals surface area contributed by atoms with Crippen LogP contribution in [0.3, 0.4) is 0 Å². The Morgan fingerprint density at radius 2 is 1.76 bits per heavy atom. The molecule has 4 heteroatoms. The van der Waals surface area contributed by atoms with E-state index >= 15 is 0 Å². The summed E-state index contributed by atoms with van der Waals surface area (Å²) < 4.78 is 23.2. The molecule has 1 N–H and O–H groups in total.